The number of thiophene rings is 1. The first-order valence-corrected chi connectivity index (χ1v) is 7.07. The molecule has 3 N–H and O–H groups in total. The molecule has 0 aliphatic carbocycles. The van der Waals surface area contributed by atoms with Crippen LogP contribution in [0, 0.1) is 0 Å². The van der Waals surface area contributed by atoms with E-state index in [-0.39, 0.29) is 5.84 Å². The van der Waals surface area contributed by atoms with Crippen LogP contribution >= 0.6 is 11.3 Å². The van der Waals surface area contributed by atoms with Crippen LogP contribution in [-0.4, -0.2) is 21.2 Å². The molecular formula is C14H12N4O2S. The van der Waals surface area contributed by atoms with Crippen LogP contribution in [0.4, 0.5) is 0 Å². The molecule has 2 aromatic heterocycles. The van der Waals surface area contributed by atoms with Crippen molar-refractivity contribution < 1.29 is 9.73 Å². The van der Waals surface area contributed by atoms with E-state index in [9.17, 15) is 0 Å². The molecule has 0 spiro atoms. The first-order chi connectivity index (χ1) is 10.3. The Hall–Kier alpha value is -2.67. The van der Waals surface area contributed by atoms with Gasteiger partial charge in [0, 0.05) is 22.4 Å². The van der Waals surface area contributed by atoms with E-state index in [4.69, 9.17) is 15.5 Å². The first kappa shape index (κ1) is 13.3. The molecule has 6 nitrogen and oxygen atoms in total. The maximum atomic E-state index is 8.62. The number of rotatable bonds is 4. The van der Waals surface area contributed by atoms with Crippen molar-refractivity contribution in [3.8, 4) is 11.5 Å². The zero-order valence-electron chi connectivity index (χ0n) is 10.9. The molecule has 0 aliphatic rings. The molecule has 2 heterocycles. The number of hydrogen-bond donors (Lipinski definition) is 2. The van der Waals surface area contributed by atoms with Crippen LogP contribution in [0.3, 0.4) is 0 Å². The summed E-state index contributed by atoms with van der Waals surface area (Å²) in [6.45, 7) is 0. The third kappa shape index (κ3) is 2.92. The van der Waals surface area contributed by atoms with Gasteiger partial charge < -0.3 is 15.5 Å². The molecule has 106 valence electrons. The van der Waals surface area contributed by atoms with E-state index in [1.54, 1.807) is 35.6 Å². The topological polar surface area (TPSA) is 97.5 Å². The minimum atomic E-state index is 0.0606. The molecule has 3 aromatic rings. The Morgan fingerprint density at radius 2 is 2.10 bits per heavy atom. The van der Waals surface area contributed by atoms with Crippen LogP contribution in [0.5, 0.6) is 0 Å². The minimum Gasteiger partial charge on any atom is -0.409 e. The second kappa shape index (κ2) is 5.76. The van der Waals surface area contributed by atoms with Gasteiger partial charge in [-0.15, -0.1) is 11.3 Å². The van der Waals surface area contributed by atoms with Crippen molar-refractivity contribution in [2.75, 3.05) is 0 Å². The SMILES string of the molecule is NC(=NO)c1ccc(-c2nc(Cc3cccs3)no2)cc1. The Kier molecular flexibility index (Phi) is 3.65. The lowest BCUT2D eigenvalue weighted by Gasteiger charge is -1.98. The predicted molar refractivity (Wildman–Crippen MR) is 79.4 cm³/mol. The predicted octanol–water partition coefficient (Wildman–Crippen LogP) is 2.48. The summed E-state index contributed by atoms with van der Waals surface area (Å²) in [4.78, 5) is 5.55. The first-order valence-electron chi connectivity index (χ1n) is 6.19. The highest BCUT2D eigenvalue weighted by Crippen LogP contribution is 2.19. The van der Waals surface area contributed by atoms with Crippen LogP contribution in [0.25, 0.3) is 11.5 Å². The van der Waals surface area contributed by atoms with Crippen LogP contribution in [0.15, 0.2) is 51.5 Å². The molecule has 0 saturated heterocycles. The minimum absolute atomic E-state index is 0.0606. The molecule has 7 heteroatoms. The molecule has 0 bridgehead atoms. The van der Waals surface area contributed by atoms with Gasteiger partial charge in [0.05, 0.1) is 0 Å². The third-order valence-electron chi connectivity index (χ3n) is 2.92. The van der Waals surface area contributed by atoms with E-state index >= 15 is 0 Å². The number of oxime groups is 1. The molecule has 0 radical (unpaired) electrons. The van der Waals surface area contributed by atoms with Crippen molar-refractivity contribution in [3.63, 3.8) is 0 Å². The number of aromatic nitrogens is 2. The maximum Gasteiger partial charge on any atom is 0.257 e. The number of benzene rings is 1. The Balaban J connectivity index is 1.79. The average molecular weight is 300 g/mol. The molecule has 3 rings (SSSR count). The molecular weight excluding hydrogens is 288 g/mol. The molecule has 0 unspecified atom stereocenters. The summed E-state index contributed by atoms with van der Waals surface area (Å²) < 4.78 is 5.26. The maximum absolute atomic E-state index is 8.62. The zero-order valence-corrected chi connectivity index (χ0v) is 11.7. The average Bonchev–Trinajstić information content (AvgIpc) is 3.19. The van der Waals surface area contributed by atoms with Crippen LogP contribution < -0.4 is 5.73 Å². The lowest BCUT2D eigenvalue weighted by Crippen LogP contribution is -2.12. The van der Waals surface area contributed by atoms with Crippen molar-refractivity contribution in [1.82, 2.24) is 10.1 Å². The highest BCUT2D eigenvalue weighted by Gasteiger charge is 2.10. The monoisotopic (exact) mass is 300 g/mol. The van der Waals surface area contributed by atoms with Gasteiger partial charge in [-0.25, -0.2) is 0 Å². The molecule has 0 aliphatic heterocycles. The van der Waals surface area contributed by atoms with E-state index in [1.165, 1.54) is 4.88 Å². The Morgan fingerprint density at radius 3 is 2.76 bits per heavy atom. The smallest absolute Gasteiger partial charge is 0.257 e. The van der Waals surface area contributed by atoms with Gasteiger partial charge >= 0.3 is 0 Å². The fourth-order valence-corrected chi connectivity index (χ4v) is 2.55. The van der Waals surface area contributed by atoms with Crippen molar-refractivity contribution in [3.05, 3.63) is 58.0 Å². The quantitative estimate of drug-likeness (QED) is 0.334. The highest BCUT2D eigenvalue weighted by atomic mass is 32.1. The molecule has 0 saturated carbocycles. The largest absolute Gasteiger partial charge is 0.409 e. The second-order valence-electron chi connectivity index (χ2n) is 4.33. The zero-order chi connectivity index (χ0) is 14.7. The summed E-state index contributed by atoms with van der Waals surface area (Å²) in [5.74, 6) is 1.16. The fourth-order valence-electron chi connectivity index (χ4n) is 1.85. The summed E-state index contributed by atoms with van der Waals surface area (Å²) in [6, 6.07) is 11.1. The van der Waals surface area contributed by atoms with Gasteiger partial charge in [-0.05, 0) is 23.6 Å². The fraction of sp³-hybridized carbons (Fsp3) is 0.0714. The van der Waals surface area contributed by atoms with Gasteiger partial charge in [-0.1, -0.05) is 28.5 Å². The van der Waals surface area contributed by atoms with Gasteiger partial charge in [-0.3, -0.25) is 0 Å². The van der Waals surface area contributed by atoms with Crippen LogP contribution in [0.2, 0.25) is 0 Å². The summed E-state index contributed by atoms with van der Waals surface area (Å²) in [5.41, 5.74) is 6.92. The highest BCUT2D eigenvalue weighted by molar-refractivity contribution is 7.09. The lowest BCUT2D eigenvalue weighted by atomic mass is 10.1. The normalized spacial score (nSPS) is 11.7. The van der Waals surface area contributed by atoms with Crippen molar-refractivity contribution >= 4 is 17.2 Å². The van der Waals surface area contributed by atoms with E-state index in [1.807, 2.05) is 17.5 Å². The number of nitrogens with zero attached hydrogens (tertiary/aromatic N) is 3. The number of amidine groups is 1. The summed E-state index contributed by atoms with van der Waals surface area (Å²) >= 11 is 1.66. The second-order valence-corrected chi connectivity index (χ2v) is 5.37. The van der Waals surface area contributed by atoms with Gasteiger partial charge in [0.1, 0.15) is 0 Å². The standard InChI is InChI=1S/C14H12N4O2S/c15-13(17-19)9-3-5-10(6-4-9)14-16-12(18-20-14)8-11-2-1-7-21-11/h1-7,19H,8H2,(H2,15,17). The molecule has 0 atom stereocenters. The summed E-state index contributed by atoms with van der Waals surface area (Å²) in [5, 5.41) is 17.6. The molecule has 1 aromatic carbocycles. The van der Waals surface area contributed by atoms with E-state index < -0.39 is 0 Å². The van der Waals surface area contributed by atoms with Crippen molar-refractivity contribution in [2.24, 2.45) is 10.9 Å². The number of nitrogens with two attached hydrogens (primary N) is 1. The lowest BCUT2D eigenvalue weighted by molar-refractivity contribution is 0.318. The van der Waals surface area contributed by atoms with E-state index in [0.29, 0.717) is 23.7 Å². The Bertz CT molecular complexity index is 748. The molecule has 21 heavy (non-hydrogen) atoms. The van der Waals surface area contributed by atoms with Crippen LogP contribution in [0.1, 0.15) is 16.3 Å². The summed E-state index contributed by atoms with van der Waals surface area (Å²) in [7, 11) is 0. The van der Waals surface area contributed by atoms with Gasteiger partial charge in [0.15, 0.2) is 11.7 Å². The van der Waals surface area contributed by atoms with E-state index in [0.717, 1.165) is 5.56 Å². The van der Waals surface area contributed by atoms with Gasteiger partial charge in [-0.2, -0.15) is 4.98 Å². The van der Waals surface area contributed by atoms with Crippen molar-refractivity contribution in [1.29, 1.82) is 0 Å². The third-order valence-corrected chi connectivity index (χ3v) is 3.79. The molecule has 0 amide bonds. The van der Waals surface area contributed by atoms with Crippen molar-refractivity contribution in [2.45, 2.75) is 6.42 Å². The number of hydrogen-bond acceptors (Lipinski definition) is 6. The van der Waals surface area contributed by atoms with E-state index in [2.05, 4.69) is 15.3 Å². The Labute approximate surface area is 124 Å². The van der Waals surface area contributed by atoms with Crippen LogP contribution in [-0.2, 0) is 6.42 Å². The molecule has 0 fully saturated rings. The van der Waals surface area contributed by atoms with Gasteiger partial charge in [0.25, 0.3) is 5.89 Å². The Morgan fingerprint density at radius 1 is 1.29 bits per heavy atom. The summed E-state index contributed by atoms with van der Waals surface area (Å²) in [6.07, 6.45) is 0.656. The van der Waals surface area contributed by atoms with Gasteiger partial charge in [0.2, 0.25) is 0 Å².